The van der Waals surface area contributed by atoms with Gasteiger partial charge in [-0.2, -0.15) is 0 Å². The molecule has 0 unspecified atom stereocenters. The first kappa shape index (κ1) is 44.9. The molecule has 0 saturated carbocycles. The summed E-state index contributed by atoms with van der Waals surface area (Å²) in [6.45, 7) is 4.78. The van der Waals surface area contributed by atoms with Crippen molar-refractivity contribution >= 4 is 30.4 Å². The van der Waals surface area contributed by atoms with Gasteiger partial charge < -0.3 is 69.4 Å². The number of aromatic nitrogens is 4. The smallest absolute Gasteiger partial charge is 0.371 e. The van der Waals surface area contributed by atoms with Crippen LogP contribution in [0, 0.1) is 13.8 Å². The van der Waals surface area contributed by atoms with E-state index in [2.05, 4.69) is 9.97 Å². The van der Waals surface area contributed by atoms with Crippen molar-refractivity contribution in [2.45, 2.75) is 63.8 Å². The Balaban J connectivity index is -0.000000656. The van der Waals surface area contributed by atoms with Crippen LogP contribution in [0.15, 0.2) is 12.4 Å². The van der Waals surface area contributed by atoms with Crippen molar-refractivity contribution in [3.05, 3.63) is 35.4 Å². The maximum absolute atomic E-state index is 11.2. The maximum Gasteiger partial charge on any atom is 0.371 e. The van der Waals surface area contributed by atoms with Crippen molar-refractivity contribution in [2.75, 3.05) is 0 Å². The predicted molar refractivity (Wildman–Crippen MR) is 138 cm³/mol. The van der Waals surface area contributed by atoms with E-state index in [1.807, 2.05) is 0 Å². The van der Waals surface area contributed by atoms with Crippen molar-refractivity contribution in [1.29, 1.82) is 0 Å². The third-order valence-corrected chi connectivity index (χ3v) is 12.6. The van der Waals surface area contributed by atoms with Crippen LogP contribution < -0.4 is 0 Å². The minimum atomic E-state index is -5.45. The minimum Gasteiger partial charge on any atom is -0.412 e. The number of hydrogen-bond donors (Lipinski definition) is 10. The van der Waals surface area contributed by atoms with Crippen molar-refractivity contribution in [3.63, 3.8) is 0 Å². The Labute approximate surface area is 247 Å². The van der Waals surface area contributed by atoms with Gasteiger partial charge in [0.15, 0.2) is 0 Å². The van der Waals surface area contributed by atoms with E-state index in [0.29, 0.717) is 35.9 Å². The molecule has 2 aromatic rings. The zero-order chi connectivity index (χ0) is 30.1. The molecule has 14 N–H and O–H groups in total. The zero-order valence-electron chi connectivity index (χ0n) is 22.0. The van der Waals surface area contributed by atoms with Crippen LogP contribution in [-0.2, 0) is 64.3 Å². The van der Waals surface area contributed by atoms with E-state index < -0.39 is 53.6 Å². The van der Waals surface area contributed by atoms with Gasteiger partial charge in [0, 0.05) is 45.3 Å². The van der Waals surface area contributed by atoms with E-state index >= 15 is 0 Å². The van der Waals surface area contributed by atoms with E-state index in [9.17, 15) is 28.5 Å². The Morgan fingerprint density at radius 3 is 1.02 bits per heavy atom. The molecular formula is C16H36N4O16P4Tc. The van der Waals surface area contributed by atoms with Gasteiger partial charge in [-0.3, -0.25) is 18.3 Å². The summed E-state index contributed by atoms with van der Waals surface area (Å²) >= 11 is 0. The molecule has 0 fully saturated rings. The van der Waals surface area contributed by atoms with Crippen LogP contribution in [-0.4, -0.2) is 89.6 Å². The molecule has 0 aliphatic heterocycles. The van der Waals surface area contributed by atoms with Gasteiger partial charge in [-0.25, -0.2) is 9.97 Å². The summed E-state index contributed by atoms with van der Waals surface area (Å²) in [6.07, 6.45) is 3.47. The summed E-state index contributed by atoms with van der Waals surface area (Å²) in [5, 5.41) is 12.7. The second kappa shape index (κ2) is 15.5. The Morgan fingerprint density at radius 2 is 0.854 bits per heavy atom. The van der Waals surface area contributed by atoms with E-state index in [4.69, 9.17) is 39.1 Å². The predicted octanol–water partition coefficient (Wildman–Crippen LogP) is -2.14. The van der Waals surface area contributed by atoms with Gasteiger partial charge >= 0.3 is 30.4 Å². The summed E-state index contributed by atoms with van der Waals surface area (Å²) in [5.41, 5.74) is 1.02. The maximum atomic E-state index is 11.2. The monoisotopic (exact) mass is 763 g/mol. The first-order valence-electron chi connectivity index (χ1n) is 10.6. The largest absolute Gasteiger partial charge is 0.412 e. The molecule has 0 saturated heterocycles. The van der Waals surface area contributed by atoms with Crippen LogP contribution in [0.25, 0.3) is 0 Å². The Bertz CT molecular complexity index is 1180. The molecule has 0 aliphatic carbocycles. The van der Waals surface area contributed by atoms with Gasteiger partial charge in [0.2, 0.25) is 0 Å². The standard InChI is InChI=1S/2C8H16N2O7P2.2H2O.Tc/c2*1-3-7-9-6(2)4-10(7)5-8(11,18(12,13)14)19(15,16)17;;;/h2*4,11H,3,5H2,1-2H3,(H2,12,13,14)(H2,15,16,17);2*1H2;/i;;;;1+1. The fraction of sp³-hybridized carbons (Fsp3) is 0.625. The van der Waals surface area contributed by atoms with Gasteiger partial charge in [-0.05, 0) is 13.8 Å². The van der Waals surface area contributed by atoms with Crippen molar-refractivity contribution in [2.24, 2.45) is 0 Å². The van der Waals surface area contributed by atoms with Gasteiger partial charge in [0.25, 0.3) is 10.2 Å². The zero-order valence-corrected chi connectivity index (χ0v) is 27.5. The summed E-state index contributed by atoms with van der Waals surface area (Å²) in [5.74, 6) is 0.718. The number of nitrogens with zero attached hydrogens (tertiary/aromatic N) is 4. The molecule has 2 rings (SSSR count). The third kappa shape index (κ3) is 10.3. The van der Waals surface area contributed by atoms with Crippen LogP contribution >= 0.6 is 30.4 Å². The van der Waals surface area contributed by atoms with Crippen LogP contribution in [0.4, 0.5) is 0 Å². The molecule has 0 aromatic carbocycles. The summed E-state index contributed by atoms with van der Waals surface area (Å²) in [6, 6.07) is 0. The van der Waals surface area contributed by atoms with E-state index in [1.165, 1.54) is 12.4 Å². The topological polar surface area (TPSA) is 369 Å². The molecule has 2 heterocycles. The molecule has 243 valence electrons. The number of rotatable bonds is 10. The molecule has 0 aliphatic rings. The molecule has 20 nitrogen and oxygen atoms in total. The Hall–Kier alpha value is -0.491. The van der Waals surface area contributed by atoms with Crippen molar-refractivity contribution in [3.8, 4) is 0 Å². The van der Waals surface area contributed by atoms with Crippen LogP contribution in [0.2, 0.25) is 0 Å². The first-order chi connectivity index (χ1) is 16.8. The molecule has 0 bridgehead atoms. The normalized spacial score (nSPS) is 12.8. The molecule has 25 heteroatoms. The second-order valence-corrected chi connectivity index (χ2v) is 16.3. The number of aryl methyl sites for hydroxylation is 4. The molecular weight excluding hydrogens is 727 g/mol. The Kier molecular flexibility index (Phi) is 17.0. The van der Waals surface area contributed by atoms with Crippen LogP contribution in [0.5, 0.6) is 0 Å². The average Bonchev–Trinajstić information content (AvgIpc) is 3.25. The van der Waals surface area contributed by atoms with Gasteiger partial charge in [0.05, 0.1) is 24.5 Å². The molecule has 2 aromatic heterocycles. The first-order valence-corrected chi connectivity index (χ1v) is 17.0. The molecule has 41 heavy (non-hydrogen) atoms. The van der Waals surface area contributed by atoms with E-state index in [1.54, 1.807) is 27.7 Å². The van der Waals surface area contributed by atoms with Gasteiger partial charge in [0.1, 0.15) is 11.6 Å². The number of imidazole rings is 2. The molecule has 1 radical (unpaired) electrons. The molecule has 0 amide bonds. The fourth-order valence-corrected chi connectivity index (χ4v) is 7.26. The number of aliphatic hydroxyl groups is 2. The van der Waals surface area contributed by atoms with E-state index in [0.717, 1.165) is 9.13 Å². The fourth-order valence-electron chi connectivity index (χ4n) is 3.20. The average molecular weight is 763 g/mol. The van der Waals surface area contributed by atoms with Crippen molar-refractivity contribution < 1.29 is 98.7 Å². The van der Waals surface area contributed by atoms with Gasteiger partial charge in [-0.1, -0.05) is 13.8 Å². The Morgan fingerprint density at radius 1 is 0.634 bits per heavy atom. The van der Waals surface area contributed by atoms with Crippen LogP contribution in [0.1, 0.15) is 36.9 Å². The summed E-state index contributed by atoms with van der Waals surface area (Å²) in [7, 11) is -21.8. The summed E-state index contributed by atoms with van der Waals surface area (Å²) < 4.78 is 47.2. The van der Waals surface area contributed by atoms with Gasteiger partial charge in [-0.15, -0.1) is 0 Å². The minimum absolute atomic E-state index is 0. The third-order valence-electron chi connectivity index (χ3n) is 5.22. The van der Waals surface area contributed by atoms with E-state index in [-0.39, 0.29) is 31.1 Å². The summed E-state index contributed by atoms with van der Waals surface area (Å²) in [4.78, 5) is 80.4. The van der Waals surface area contributed by atoms with Crippen molar-refractivity contribution in [1.82, 2.24) is 19.1 Å². The quantitative estimate of drug-likeness (QED) is 0.115. The second-order valence-electron chi connectivity index (χ2n) is 8.28. The molecule has 0 spiro atoms. The molecule has 0 atom stereocenters. The SMILES string of the molecule is CCc1nc(C)cn1CC(O)(P(=O)(O)O)P(=O)(O)O.CCc1nc(C)cn1CC(O)(P(=O)(O)O)P(=O)(O)O.O.O.[99Tc]. The number of hydrogen-bond acceptors (Lipinski definition) is 8. The van der Waals surface area contributed by atoms with Crippen LogP contribution in [0.3, 0.4) is 0 Å².